The van der Waals surface area contributed by atoms with E-state index in [0.717, 1.165) is 56.5 Å². The molecule has 21 heavy (non-hydrogen) atoms. The highest BCUT2D eigenvalue weighted by Gasteiger charge is 2.44. The van der Waals surface area contributed by atoms with Crippen molar-refractivity contribution in [3.05, 3.63) is 17.5 Å². The third-order valence-corrected chi connectivity index (χ3v) is 5.14. The molecule has 1 saturated carbocycles. The average molecular weight is 291 g/mol. The summed E-state index contributed by atoms with van der Waals surface area (Å²) < 4.78 is 5.41. The number of nitrogens with zero attached hydrogens (tertiary/aromatic N) is 2. The minimum atomic E-state index is -0.337. The molecule has 1 unspecified atom stereocenters. The summed E-state index contributed by atoms with van der Waals surface area (Å²) in [5.74, 6) is 1.06. The van der Waals surface area contributed by atoms with E-state index in [9.17, 15) is 4.79 Å². The lowest BCUT2D eigenvalue weighted by atomic mass is 9.73. The van der Waals surface area contributed by atoms with Crippen LogP contribution in [0.5, 0.6) is 0 Å². The minimum Gasteiger partial charge on any atom is -0.359 e. The summed E-state index contributed by atoms with van der Waals surface area (Å²) in [4.78, 5) is 15.1. The first-order chi connectivity index (χ1) is 10.2. The van der Waals surface area contributed by atoms with Crippen molar-refractivity contribution in [1.82, 2.24) is 10.1 Å². The van der Waals surface area contributed by atoms with Crippen LogP contribution in [-0.4, -0.2) is 29.1 Å². The summed E-state index contributed by atoms with van der Waals surface area (Å²) in [5.41, 5.74) is 6.55. The highest BCUT2D eigenvalue weighted by molar-refractivity contribution is 5.83. The molecular weight excluding hydrogens is 266 g/mol. The standard InChI is InChI=1S/C16H25N3O2/c1-12-10-14(21-18-12)13-6-5-9-19(13)15(20)16(11-17)7-3-2-4-8-16/h10,13H,2-9,11,17H2,1H3. The van der Waals surface area contributed by atoms with Crippen LogP contribution in [0.3, 0.4) is 0 Å². The summed E-state index contributed by atoms with van der Waals surface area (Å²) in [6.45, 7) is 3.19. The Labute approximate surface area is 125 Å². The fourth-order valence-corrected chi connectivity index (χ4v) is 3.88. The molecule has 0 spiro atoms. The van der Waals surface area contributed by atoms with Crippen LogP contribution in [0, 0.1) is 12.3 Å². The Morgan fingerprint density at radius 3 is 2.81 bits per heavy atom. The first-order valence-corrected chi connectivity index (χ1v) is 8.11. The molecule has 1 aliphatic heterocycles. The molecule has 5 heteroatoms. The van der Waals surface area contributed by atoms with Crippen LogP contribution in [0.2, 0.25) is 0 Å². The smallest absolute Gasteiger partial charge is 0.230 e. The van der Waals surface area contributed by atoms with Crippen LogP contribution in [0.25, 0.3) is 0 Å². The van der Waals surface area contributed by atoms with Gasteiger partial charge in [-0.15, -0.1) is 0 Å². The lowest BCUT2D eigenvalue weighted by molar-refractivity contribution is -0.145. The summed E-state index contributed by atoms with van der Waals surface area (Å²) in [6, 6.07) is 2.00. The van der Waals surface area contributed by atoms with Crippen molar-refractivity contribution in [2.45, 2.75) is 57.9 Å². The Bertz CT molecular complexity index is 505. The number of rotatable bonds is 3. The van der Waals surface area contributed by atoms with E-state index in [0.29, 0.717) is 6.54 Å². The lowest BCUT2D eigenvalue weighted by Crippen LogP contribution is -2.48. The topological polar surface area (TPSA) is 72.4 Å². The number of amides is 1. The zero-order chi connectivity index (χ0) is 14.9. The summed E-state index contributed by atoms with van der Waals surface area (Å²) in [7, 11) is 0. The van der Waals surface area contributed by atoms with Gasteiger partial charge in [0, 0.05) is 19.2 Å². The second-order valence-corrected chi connectivity index (χ2v) is 6.57. The molecule has 2 fully saturated rings. The van der Waals surface area contributed by atoms with E-state index in [-0.39, 0.29) is 17.4 Å². The van der Waals surface area contributed by atoms with Crippen LogP contribution < -0.4 is 5.73 Å². The number of carbonyl (C=O) groups excluding carboxylic acids is 1. The van der Waals surface area contributed by atoms with Crippen LogP contribution >= 0.6 is 0 Å². The lowest BCUT2D eigenvalue weighted by Gasteiger charge is -2.39. The molecule has 1 aliphatic carbocycles. The van der Waals surface area contributed by atoms with Gasteiger partial charge >= 0.3 is 0 Å². The number of hydrogen-bond donors (Lipinski definition) is 1. The fourth-order valence-electron chi connectivity index (χ4n) is 3.88. The maximum absolute atomic E-state index is 13.1. The van der Waals surface area contributed by atoms with Gasteiger partial charge in [-0.1, -0.05) is 24.4 Å². The van der Waals surface area contributed by atoms with Gasteiger partial charge in [0.1, 0.15) is 0 Å². The molecule has 1 atom stereocenters. The van der Waals surface area contributed by atoms with Gasteiger partial charge in [0.05, 0.1) is 17.2 Å². The van der Waals surface area contributed by atoms with Crippen molar-refractivity contribution in [3.63, 3.8) is 0 Å². The first-order valence-electron chi connectivity index (χ1n) is 8.11. The number of aromatic nitrogens is 1. The van der Waals surface area contributed by atoms with Gasteiger partial charge in [0.25, 0.3) is 0 Å². The van der Waals surface area contributed by atoms with Gasteiger partial charge in [0.15, 0.2) is 5.76 Å². The Morgan fingerprint density at radius 1 is 1.43 bits per heavy atom. The Balaban J connectivity index is 1.82. The molecule has 0 bridgehead atoms. The summed E-state index contributed by atoms with van der Waals surface area (Å²) >= 11 is 0. The predicted molar refractivity (Wildman–Crippen MR) is 79.5 cm³/mol. The van der Waals surface area contributed by atoms with Crippen molar-refractivity contribution < 1.29 is 9.32 Å². The quantitative estimate of drug-likeness (QED) is 0.929. The Kier molecular flexibility index (Phi) is 4.02. The van der Waals surface area contributed by atoms with Gasteiger partial charge < -0.3 is 15.2 Å². The van der Waals surface area contributed by atoms with E-state index in [4.69, 9.17) is 10.3 Å². The third-order valence-electron chi connectivity index (χ3n) is 5.14. The molecule has 116 valence electrons. The maximum atomic E-state index is 13.1. The summed E-state index contributed by atoms with van der Waals surface area (Å²) in [5, 5.41) is 3.97. The van der Waals surface area contributed by atoms with Crippen molar-refractivity contribution >= 4 is 5.91 Å². The normalized spacial score (nSPS) is 25.2. The van der Waals surface area contributed by atoms with E-state index in [1.165, 1.54) is 6.42 Å². The number of aryl methyl sites for hydroxylation is 1. The second-order valence-electron chi connectivity index (χ2n) is 6.57. The van der Waals surface area contributed by atoms with Crippen molar-refractivity contribution in [2.24, 2.45) is 11.1 Å². The molecule has 1 aromatic rings. The number of hydrogen-bond acceptors (Lipinski definition) is 4. The van der Waals surface area contributed by atoms with E-state index >= 15 is 0 Å². The molecule has 2 heterocycles. The van der Waals surface area contributed by atoms with E-state index in [2.05, 4.69) is 5.16 Å². The first kappa shape index (κ1) is 14.6. The molecule has 0 radical (unpaired) electrons. The Hall–Kier alpha value is -1.36. The molecule has 1 amide bonds. The molecule has 1 aromatic heterocycles. The molecule has 5 nitrogen and oxygen atoms in total. The average Bonchev–Trinajstić information content (AvgIpc) is 3.15. The SMILES string of the molecule is Cc1cc(C2CCCN2C(=O)C2(CN)CCCCC2)on1. The summed E-state index contributed by atoms with van der Waals surface area (Å²) in [6.07, 6.45) is 7.30. The highest BCUT2D eigenvalue weighted by Crippen LogP contribution is 2.41. The Morgan fingerprint density at radius 2 is 2.19 bits per heavy atom. The maximum Gasteiger partial charge on any atom is 0.230 e. The van der Waals surface area contributed by atoms with Crippen LogP contribution in [0.15, 0.2) is 10.6 Å². The molecule has 2 aliphatic rings. The van der Waals surface area contributed by atoms with E-state index in [1.807, 2.05) is 17.9 Å². The van der Waals surface area contributed by atoms with Gasteiger partial charge in [0.2, 0.25) is 5.91 Å². The number of nitrogens with two attached hydrogens (primary N) is 1. The molecule has 0 aromatic carbocycles. The van der Waals surface area contributed by atoms with Crippen molar-refractivity contribution in [1.29, 1.82) is 0 Å². The zero-order valence-corrected chi connectivity index (χ0v) is 12.8. The largest absolute Gasteiger partial charge is 0.359 e. The van der Waals surface area contributed by atoms with E-state index in [1.54, 1.807) is 0 Å². The molecule has 1 saturated heterocycles. The second kappa shape index (κ2) is 5.79. The van der Waals surface area contributed by atoms with Crippen LogP contribution in [0.4, 0.5) is 0 Å². The fraction of sp³-hybridized carbons (Fsp3) is 0.750. The van der Waals surface area contributed by atoms with E-state index < -0.39 is 0 Å². The van der Waals surface area contributed by atoms with Crippen LogP contribution in [-0.2, 0) is 4.79 Å². The highest BCUT2D eigenvalue weighted by atomic mass is 16.5. The van der Waals surface area contributed by atoms with Gasteiger partial charge in [-0.25, -0.2) is 0 Å². The zero-order valence-electron chi connectivity index (χ0n) is 12.8. The number of likely N-dealkylation sites (tertiary alicyclic amines) is 1. The minimum absolute atomic E-state index is 0.0454. The van der Waals surface area contributed by atoms with Crippen LogP contribution in [0.1, 0.15) is 62.4 Å². The van der Waals surface area contributed by atoms with Crippen molar-refractivity contribution in [2.75, 3.05) is 13.1 Å². The molecular formula is C16H25N3O2. The molecule has 3 rings (SSSR count). The number of carbonyl (C=O) groups is 1. The van der Waals surface area contributed by atoms with Gasteiger partial charge in [-0.05, 0) is 32.6 Å². The molecule has 2 N–H and O–H groups in total. The third kappa shape index (κ3) is 2.59. The monoisotopic (exact) mass is 291 g/mol. The predicted octanol–water partition coefficient (Wildman–Crippen LogP) is 2.56. The van der Waals surface area contributed by atoms with Gasteiger partial charge in [-0.2, -0.15) is 0 Å². The van der Waals surface area contributed by atoms with Crippen molar-refractivity contribution in [3.8, 4) is 0 Å². The van der Waals surface area contributed by atoms with Gasteiger partial charge in [-0.3, -0.25) is 4.79 Å².